The highest BCUT2D eigenvalue weighted by Crippen LogP contribution is 2.32. The fourth-order valence-electron chi connectivity index (χ4n) is 3.72. The first kappa shape index (κ1) is 17.0. The molecule has 0 saturated heterocycles. The lowest BCUT2D eigenvalue weighted by atomic mass is 9.83. The van der Waals surface area contributed by atoms with Gasteiger partial charge in [-0.15, -0.1) is 0 Å². The zero-order valence-electron chi connectivity index (χ0n) is 14.7. The number of aryl methyl sites for hydroxylation is 1. The molecule has 1 atom stereocenters. The average Bonchev–Trinajstić information content (AvgIpc) is 3.06. The van der Waals surface area contributed by atoms with Gasteiger partial charge in [-0.2, -0.15) is 0 Å². The van der Waals surface area contributed by atoms with Crippen molar-refractivity contribution in [1.29, 1.82) is 0 Å². The van der Waals surface area contributed by atoms with E-state index < -0.39 is 10.0 Å². The molecule has 0 amide bonds. The minimum atomic E-state index is -3.64. The van der Waals surface area contributed by atoms with E-state index in [-0.39, 0.29) is 10.8 Å². The second-order valence-corrected chi connectivity index (χ2v) is 8.83. The minimum absolute atomic E-state index is 0.0507. The van der Waals surface area contributed by atoms with E-state index in [9.17, 15) is 13.2 Å². The number of benzene rings is 2. The highest BCUT2D eigenvalue weighted by molar-refractivity contribution is 7.90. The predicted octanol–water partition coefficient (Wildman–Crippen LogP) is 4.41. The van der Waals surface area contributed by atoms with Crippen molar-refractivity contribution >= 4 is 26.7 Å². The molecular weight excluding hydrogens is 346 g/mol. The van der Waals surface area contributed by atoms with Crippen molar-refractivity contribution in [2.45, 2.75) is 43.4 Å². The maximum Gasteiger partial charge on any atom is 0.268 e. The van der Waals surface area contributed by atoms with Crippen molar-refractivity contribution in [1.82, 2.24) is 3.97 Å². The van der Waals surface area contributed by atoms with E-state index in [1.807, 2.05) is 25.1 Å². The van der Waals surface area contributed by atoms with Crippen LogP contribution in [0.15, 0.2) is 59.6 Å². The summed E-state index contributed by atoms with van der Waals surface area (Å²) in [6.45, 7) is 1.93. The van der Waals surface area contributed by atoms with Gasteiger partial charge in [0.1, 0.15) is 5.78 Å². The largest absolute Gasteiger partial charge is 0.299 e. The van der Waals surface area contributed by atoms with Crippen LogP contribution in [0.25, 0.3) is 10.9 Å². The summed E-state index contributed by atoms with van der Waals surface area (Å²) < 4.78 is 27.3. The molecule has 1 saturated carbocycles. The standard InChI is InChI=1S/C21H21NO3S/c1-15-6-9-18(10-7-15)26(24,25)22-13-12-17-14-16(8-11-20(17)22)19-4-2-3-5-21(19)23/h6-14,19H,2-5H2,1H3. The Bertz CT molecular complexity index is 1080. The number of fused-ring (bicyclic) bond motifs is 1. The van der Waals surface area contributed by atoms with Gasteiger partial charge in [-0.3, -0.25) is 4.79 Å². The number of Topliss-reactive ketones (excluding diaryl/α,β-unsaturated/α-hetero) is 1. The maximum atomic E-state index is 13.0. The molecule has 0 N–H and O–H groups in total. The van der Waals surface area contributed by atoms with Crippen LogP contribution in [0, 0.1) is 6.92 Å². The fourth-order valence-corrected chi connectivity index (χ4v) is 5.07. The van der Waals surface area contributed by atoms with Crippen LogP contribution >= 0.6 is 0 Å². The van der Waals surface area contributed by atoms with E-state index >= 15 is 0 Å². The number of hydrogen-bond acceptors (Lipinski definition) is 3. The third-order valence-corrected chi connectivity index (χ3v) is 6.92. The number of nitrogens with zero attached hydrogens (tertiary/aromatic N) is 1. The maximum absolute atomic E-state index is 13.0. The number of carbonyl (C=O) groups excluding carboxylic acids is 1. The molecule has 4 nitrogen and oxygen atoms in total. The van der Waals surface area contributed by atoms with Crippen LogP contribution in [0.2, 0.25) is 0 Å². The van der Waals surface area contributed by atoms with E-state index in [4.69, 9.17) is 0 Å². The Morgan fingerprint density at radius 3 is 2.50 bits per heavy atom. The number of ketones is 1. The Labute approximate surface area is 153 Å². The van der Waals surface area contributed by atoms with E-state index in [0.29, 0.717) is 17.7 Å². The van der Waals surface area contributed by atoms with Gasteiger partial charge in [0, 0.05) is 23.9 Å². The summed E-state index contributed by atoms with van der Waals surface area (Å²) in [6.07, 6.45) is 5.16. The Balaban J connectivity index is 1.76. The molecule has 0 aliphatic heterocycles. The molecule has 0 spiro atoms. The number of carbonyl (C=O) groups is 1. The lowest BCUT2D eigenvalue weighted by Crippen LogP contribution is -2.17. The van der Waals surface area contributed by atoms with Crippen LogP contribution in [0.4, 0.5) is 0 Å². The third kappa shape index (κ3) is 2.86. The van der Waals surface area contributed by atoms with E-state index in [2.05, 4.69) is 0 Å². The lowest BCUT2D eigenvalue weighted by Gasteiger charge is -2.21. The Morgan fingerprint density at radius 1 is 1.00 bits per heavy atom. The van der Waals surface area contributed by atoms with Crippen LogP contribution in [0.3, 0.4) is 0 Å². The van der Waals surface area contributed by atoms with E-state index in [0.717, 1.165) is 35.8 Å². The van der Waals surface area contributed by atoms with Gasteiger partial charge in [0.05, 0.1) is 10.4 Å². The molecule has 0 bridgehead atoms. The molecular formula is C21H21NO3S. The summed E-state index contributed by atoms with van der Waals surface area (Å²) in [5.74, 6) is 0.243. The van der Waals surface area contributed by atoms with Crippen LogP contribution in [-0.2, 0) is 14.8 Å². The SMILES string of the molecule is Cc1ccc(S(=O)(=O)n2ccc3cc(C4CCCCC4=O)ccc32)cc1. The number of hydrogen-bond donors (Lipinski definition) is 0. The molecule has 4 rings (SSSR count). The highest BCUT2D eigenvalue weighted by Gasteiger charge is 2.25. The van der Waals surface area contributed by atoms with Gasteiger partial charge in [-0.05, 0) is 55.7 Å². The first-order valence-electron chi connectivity index (χ1n) is 8.93. The summed E-state index contributed by atoms with van der Waals surface area (Å²) in [5.41, 5.74) is 2.65. The van der Waals surface area contributed by atoms with Gasteiger partial charge < -0.3 is 0 Å². The topological polar surface area (TPSA) is 56.1 Å². The van der Waals surface area contributed by atoms with Crippen LogP contribution in [0.5, 0.6) is 0 Å². The van der Waals surface area contributed by atoms with Gasteiger partial charge in [-0.1, -0.05) is 30.2 Å². The molecule has 1 heterocycles. The summed E-state index contributed by atoms with van der Waals surface area (Å²) in [4.78, 5) is 12.5. The predicted molar refractivity (Wildman–Crippen MR) is 102 cm³/mol. The van der Waals surface area contributed by atoms with Crippen molar-refractivity contribution in [3.8, 4) is 0 Å². The van der Waals surface area contributed by atoms with Gasteiger partial charge in [0.2, 0.25) is 0 Å². The van der Waals surface area contributed by atoms with Gasteiger partial charge >= 0.3 is 0 Å². The smallest absolute Gasteiger partial charge is 0.268 e. The van der Waals surface area contributed by atoms with E-state index in [1.165, 1.54) is 3.97 Å². The second kappa shape index (κ2) is 6.40. The molecule has 2 aromatic carbocycles. The molecule has 134 valence electrons. The zero-order chi connectivity index (χ0) is 18.3. The van der Waals surface area contributed by atoms with Crippen LogP contribution in [-0.4, -0.2) is 18.2 Å². The molecule has 1 aliphatic carbocycles. The van der Waals surface area contributed by atoms with Gasteiger partial charge in [0.25, 0.3) is 10.0 Å². The summed E-state index contributed by atoms with van der Waals surface area (Å²) >= 11 is 0. The Hall–Kier alpha value is -2.40. The fraction of sp³-hybridized carbons (Fsp3) is 0.286. The van der Waals surface area contributed by atoms with Gasteiger partial charge in [-0.25, -0.2) is 12.4 Å². The van der Waals surface area contributed by atoms with Crippen molar-refractivity contribution < 1.29 is 13.2 Å². The lowest BCUT2D eigenvalue weighted by molar-refractivity contribution is -0.121. The summed E-state index contributed by atoms with van der Waals surface area (Å²) in [6, 6.07) is 14.3. The summed E-state index contributed by atoms with van der Waals surface area (Å²) in [7, 11) is -3.64. The molecule has 5 heteroatoms. The first-order valence-corrected chi connectivity index (χ1v) is 10.4. The van der Waals surface area contributed by atoms with Crippen LogP contribution in [0.1, 0.15) is 42.7 Å². The van der Waals surface area contributed by atoms with Crippen molar-refractivity contribution in [3.63, 3.8) is 0 Å². The first-order chi connectivity index (χ1) is 12.5. The quantitative estimate of drug-likeness (QED) is 0.689. The van der Waals surface area contributed by atoms with E-state index in [1.54, 1.807) is 36.5 Å². The van der Waals surface area contributed by atoms with Crippen molar-refractivity contribution in [3.05, 3.63) is 65.9 Å². The van der Waals surface area contributed by atoms with Crippen molar-refractivity contribution in [2.75, 3.05) is 0 Å². The van der Waals surface area contributed by atoms with Gasteiger partial charge in [0.15, 0.2) is 0 Å². The Kier molecular flexibility index (Phi) is 4.19. The molecule has 1 aromatic heterocycles. The molecule has 1 unspecified atom stereocenters. The monoisotopic (exact) mass is 367 g/mol. The average molecular weight is 367 g/mol. The molecule has 0 radical (unpaired) electrons. The molecule has 1 fully saturated rings. The Morgan fingerprint density at radius 2 is 1.77 bits per heavy atom. The normalized spacial score (nSPS) is 18.3. The third-order valence-electron chi connectivity index (χ3n) is 5.21. The zero-order valence-corrected chi connectivity index (χ0v) is 15.5. The van der Waals surface area contributed by atoms with Crippen molar-refractivity contribution in [2.24, 2.45) is 0 Å². The second-order valence-electron chi connectivity index (χ2n) is 7.01. The minimum Gasteiger partial charge on any atom is -0.299 e. The molecule has 1 aliphatic rings. The molecule has 26 heavy (non-hydrogen) atoms. The summed E-state index contributed by atoms with van der Waals surface area (Å²) in [5, 5.41) is 0.844. The molecule has 3 aromatic rings. The number of aromatic nitrogens is 1. The highest BCUT2D eigenvalue weighted by atomic mass is 32.2. The van der Waals surface area contributed by atoms with Crippen LogP contribution < -0.4 is 0 Å². The number of rotatable bonds is 3.